The SMILES string of the molecule is CN(CC1(N(C)C)CCC1)c1ccnc2cc(N)ccc12. The molecule has 0 radical (unpaired) electrons. The molecule has 112 valence electrons. The van der Waals surface area contributed by atoms with E-state index in [0.29, 0.717) is 5.54 Å². The van der Waals surface area contributed by atoms with Crippen LogP contribution in [-0.2, 0) is 0 Å². The molecule has 1 fully saturated rings. The summed E-state index contributed by atoms with van der Waals surface area (Å²) in [5.74, 6) is 0. The molecule has 0 unspecified atom stereocenters. The summed E-state index contributed by atoms with van der Waals surface area (Å²) < 4.78 is 0. The van der Waals surface area contributed by atoms with E-state index in [-0.39, 0.29) is 0 Å². The fourth-order valence-corrected chi connectivity index (χ4v) is 3.34. The van der Waals surface area contributed by atoms with Crippen LogP contribution >= 0.6 is 0 Å². The van der Waals surface area contributed by atoms with Crippen LogP contribution in [0.25, 0.3) is 10.9 Å². The lowest BCUT2D eigenvalue weighted by Crippen LogP contribution is -2.56. The van der Waals surface area contributed by atoms with Gasteiger partial charge in [-0.2, -0.15) is 0 Å². The molecule has 0 bridgehead atoms. The maximum absolute atomic E-state index is 5.86. The maximum atomic E-state index is 5.86. The third kappa shape index (κ3) is 2.44. The highest BCUT2D eigenvalue weighted by molar-refractivity contribution is 5.93. The van der Waals surface area contributed by atoms with Gasteiger partial charge in [-0.25, -0.2) is 0 Å². The molecular formula is C17H24N4. The number of pyridine rings is 1. The van der Waals surface area contributed by atoms with Crippen LogP contribution in [-0.4, -0.2) is 43.1 Å². The van der Waals surface area contributed by atoms with Gasteiger partial charge in [0.2, 0.25) is 0 Å². The number of anilines is 2. The van der Waals surface area contributed by atoms with Crippen LogP contribution in [0.4, 0.5) is 11.4 Å². The third-order valence-corrected chi connectivity index (χ3v) is 4.92. The van der Waals surface area contributed by atoms with Crippen LogP contribution in [0.3, 0.4) is 0 Å². The molecule has 1 aliphatic rings. The first-order valence-corrected chi connectivity index (χ1v) is 7.55. The van der Waals surface area contributed by atoms with Crippen molar-refractivity contribution in [3.05, 3.63) is 30.5 Å². The molecule has 1 aromatic heterocycles. The van der Waals surface area contributed by atoms with Gasteiger partial charge in [0.25, 0.3) is 0 Å². The summed E-state index contributed by atoms with van der Waals surface area (Å²) in [5, 5.41) is 1.17. The van der Waals surface area contributed by atoms with Crippen molar-refractivity contribution in [1.29, 1.82) is 0 Å². The molecule has 4 heteroatoms. The van der Waals surface area contributed by atoms with Crippen molar-refractivity contribution in [3.8, 4) is 0 Å². The van der Waals surface area contributed by atoms with E-state index in [0.717, 1.165) is 17.7 Å². The molecule has 4 nitrogen and oxygen atoms in total. The smallest absolute Gasteiger partial charge is 0.0743 e. The highest BCUT2D eigenvalue weighted by Crippen LogP contribution is 2.38. The topological polar surface area (TPSA) is 45.4 Å². The van der Waals surface area contributed by atoms with Gasteiger partial charge in [0, 0.05) is 42.1 Å². The monoisotopic (exact) mass is 284 g/mol. The van der Waals surface area contributed by atoms with Gasteiger partial charge in [0.1, 0.15) is 0 Å². The van der Waals surface area contributed by atoms with E-state index in [1.54, 1.807) is 0 Å². The molecule has 1 saturated carbocycles. The number of hydrogen-bond acceptors (Lipinski definition) is 4. The zero-order valence-corrected chi connectivity index (χ0v) is 13.1. The second kappa shape index (κ2) is 5.19. The van der Waals surface area contributed by atoms with Gasteiger partial charge in [0.05, 0.1) is 5.52 Å². The second-order valence-corrected chi connectivity index (χ2v) is 6.44. The summed E-state index contributed by atoms with van der Waals surface area (Å²) in [6, 6.07) is 8.07. The van der Waals surface area contributed by atoms with E-state index in [4.69, 9.17) is 5.73 Å². The molecule has 0 amide bonds. The Morgan fingerprint density at radius 2 is 1.95 bits per heavy atom. The van der Waals surface area contributed by atoms with Crippen molar-refractivity contribution >= 4 is 22.3 Å². The summed E-state index contributed by atoms with van der Waals surface area (Å²) in [5.41, 5.74) is 9.14. The fraction of sp³-hybridized carbons (Fsp3) is 0.471. The van der Waals surface area contributed by atoms with E-state index < -0.39 is 0 Å². The molecular weight excluding hydrogens is 260 g/mol. The van der Waals surface area contributed by atoms with Crippen LogP contribution in [0.15, 0.2) is 30.5 Å². The number of rotatable bonds is 4. The Morgan fingerprint density at radius 3 is 2.57 bits per heavy atom. The van der Waals surface area contributed by atoms with Crippen LogP contribution in [0, 0.1) is 0 Å². The van der Waals surface area contributed by atoms with Gasteiger partial charge >= 0.3 is 0 Å². The Morgan fingerprint density at radius 1 is 1.19 bits per heavy atom. The molecule has 2 N–H and O–H groups in total. The zero-order valence-electron chi connectivity index (χ0n) is 13.1. The number of fused-ring (bicyclic) bond motifs is 1. The number of likely N-dealkylation sites (N-methyl/N-ethyl adjacent to an activating group) is 2. The fourth-order valence-electron chi connectivity index (χ4n) is 3.34. The predicted molar refractivity (Wildman–Crippen MR) is 89.7 cm³/mol. The average Bonchev–Trinajstić information content (AvgIpc) is 2.41. The van der Waals surface area contributed by atoms with Crippen molar-refractivity contribution < 1.29 is 0 Å². The van der Waals surface area contributed by atoms with Gasteiger partial charge in [-0.1, -0.05) is 0 Å². The number of nitrogens with two attached hydrogens (primary N) is 1. The number of nitrogen functional groups attached to an aromatic ring is 1. The lowest BCUT2D eigenvalue weighted by atomic mass is 9.75. The van der Waals surface area contributed by atoms with Gasteiger partial charge in [-0.15, -0.1) is 0 Å². The van der Waals surface area contributed by atoms with Crippen molar-refractivity contribution in [2.45, 2.75) is 24.8 Å². The lowest BCUT2D eigenvalue weighted by Gasteiger charge is -2.49. The summed E-state index contributed by atoms with van der Waals surface area (Å²) in [4.78, 5) is 9.18. The summed E-state index contributed by atoms with van der Waals surface area (Å²) in [6.07, 6.45) is 5.76. The minimum atomic E-state index is 0.318. The van der Waals surface area contributed by atoms with E-state index in [1.165, 1.54) is 30.3 Å². The summed E-state index contributed by atoms with van der Waals surface area (Å²) in [6.45, 7) is 1.05. The molecule has 0 aliphatic heterocycles. The van der Waals surface area contributed by atoms with Crippen molar-refractivity contribution in [3.63, 3.8) is 0 Å². The molecule has 2 aromatic rings. The third-order valence-electron chi connectivity index (χ3n) is 4.92. The van der Waals surface area contributed by atoms with Crippen LogP contribution in [0.1, 0.15) is 19.3 Å². The molecule has 0 saturated heterocycles. The molecule has 1 heterocycles. The summed E-state index contributed by atoms with van der Waals surface area (Å²) >= 11 is 0. The minimum absolute atomic E-state index is 0.318. The Hall–Kier alpha value is -1.81. The first-order valence-electron chi connectivity index (χ1n) is 7.55. The highest BCUT2D eigenvalue weighted by Gasteiger charge is 2.40. The highest BCUT2D eigenvalue weighted by atomic mass is 15.2. The number of nitrogens with zero attached hydrogens (tertiary/aromatic N) is 3. The van der Waals surface area contributed by atoms with E-state index in [2.05, 4.69) is 48.1 Å². The van der Waals surface area contributed by atoms with Crippen molar-refractivity contribution in [2.24, 2.45) is 0 Å². The molecule has 3 rings (SSSR count). The predicted octanol–water partition coefficient (Wildman–Crippen LogP) is 2.74. The van der Waals surface area contributed by atoms with E-state index >= 15 is 0 Å². The molecule has 1 aromatic carbocycles. The first-order chi connectivity index (χ1) is 10.0. The number of benzene rings is 1. The van der Waals surface area contributed by atoms with E-state index in [9.17, 15) is 0 Å². The minimum Gasteiger partial charge on any atom is -0.399 e. The zero-order chi connectivity index (χ0) is 15.0. The van der Waals surface area contributed by atoms with Crippen molar-refractivity contribution in [1.82, 2.24) is 9.88 Å². The van der Waals surface area contributed by atoms with E-state index in [1.807, 2.05) is 18.3 Å². The molecule has 1 aliphatic carbocycles. The lowest BCUT2D eigenvalue weighted by molar-refractivity contribution is 0.0684. The standard InChI is InChI=1S/C17H24N4/c1-20(2)17(8-4-9-17)12-21(3)16-7-10-19-15-11-13(18)5-6-14(15)16/h5-7,10-11H,4,8-9,12,18H2,1-3H3. The molecule has 21 heavy (non-hydrogen) atoms. The quantitative estimate of drug-likeness (QED) is 0.877. The van der Waals surface area contributed by atoms with Crippen LogP contribution in [0.5, 0.6) is 0 Å². The maximum Gasteiger partial charge on any atom is 0.0743 e. The Bertz CT molecular complexity index is 646. The Kier molecular flexibility index (Phi) is 3.49. The first kappa shape index (κ1) is 14.1. The second-order valence-electron chi connectivity index (χ2n) is 6.44. The van der Waals surface area contributed by atoms with Gasteiger partial charge in [-0.3, -0.25) is 4.98 Å². The van der Waals surface area contributed by atoms with Crippen LogP contribution < -0.4 is 10.6 Å². The largest absolute Gasteiger partial charge is 0.399 e. The molecule has 0 spiro atoms. The van der Waals surface area contributed by atoms with Gasteiger partial charge in [0.15, 0.2) is 0 Å². The van der Waals surface area contributed by atoms with Gasteiger partial charge < -0.3 is 15.5 Å². The number of aromatic nitrogens is 1. The normalized spacial score (nSPS) is 17.0. The average molecular weight is 284 g/mol. The number of hydrogen-bond donors (Lipinski definition) is 1. The Labute approximate surface area is 126 Å². The van der Waals surface area contributed by atoms with Crippen LogP contribution in [0.2, 0.25) is 0 Å². The van der Waals surface area contributed by atoms with Gasteiger partial charge in [-0.05, 0) is 57.6 Å². The van der Waals surface area contributed by atoms with Crippen molar-refractivity contribution in [2.75, 3.05) is 38.3 Å². The molecule has 0 atom stereocenters. The summed E-state index contributed by atoms with van der Waals surface area (Å²) in [7, 11) is 6.56. The Balaban J connectivity index is 1.93.